The summed E-state index contributed by atoms with van der Waals surface area (Å²) in [6, 6.07) is 6.95. The molecule has 0 radical (unpaired) electrons. The Morgan fingerprint density at radius 2 is 1.88 bits per heavy atom. The molecule has 0 aromatic carbocycles. The molecular formula is C17H17NO4S2. The third-order valence-corrected chi connectivity index (χ3v) is 5.87. The molecule has 1 aliphatic carbocycles. The van der Waals surface area contributed by atoms with Crippen LogP contribution < -0.4 is 5.32 Å². The number of nitrogens with one attached hydrogen (secondary N) is 1. The van der Waals surface area contributed by atoms with E-state index in [1.54, 1.807) is 18.2 Å². The standard InChI is InChI=1S/C17H17NO4S2/c1-2-11-5-6-13(23-11)12(19)9-22-17(21)14-7-8-15(24-14)18-16(20)10-3-4-10/h5-8,10H,2-4,9H2,1H3,(H,18,20). The molecule has 24 heavy (non-hydrogen) atoms. The van der Waals surface area contributed by atoms with E-state index in [4.69, 9.17) is 4.74 Å². The second kappa shape index (κ2) is 7.27. The number of carbonyl (C=O) groups is 3. The molecule has 0 atom stereocenters. The SMILES string of the molecule is CCc1ccc(C(=O)COC(=O)c2ccc(NC(=O)C3CC3)s2)s1. The van der Waals surface area contributed by atoms with E-state index in [1.807, 2.05) is 13.0 Å². The van der Waals surface area contributed by atoms with Gasteiger partial charge in [-0.15, -0.1) is 22.7 Å². The topological polar surface area (TPSA) is 72.5 Å². The molecule has 0 aliphatic heterocycles. The van der Waals surface area contributed by atoms with E-state index in [0.29, 0.717) is 14.8 Å². The fourth-order valence-electron chi connectivity index (χ4n) is 2.07. The maximum absolute atomic E-state index is 12.0. The normalized spacial score (nSPS) is 13.5. The summed E-state index contributed by atoms with van der Waals surface area (Å²) in [5.74, 6) is -0.644. The van der Waals surface area contributed by atoms with Crippen molar-refractivity contribution in [2.75, 3.05) is 11.9 Å². The molecule has 7 heteroatoms. The molecule has 0 unspecified atom stereocenters. The molecule has 2 aromatic rings. The minimum Gasteiger partial charge on any atom is -0.453 e. The van der Waals surface area contributed by atoms with Crippen molar-refractivity contribution < 1.29 is 19.1 Å². The summed E-state index contributed by atoms with van der Waals surface area (Å²) in [6.07, 6.45) is 2.73. The summed E-state index contributed by atoms with van der Waals surface area (Å²) >= 11 is 2.58. The number of rotatable bonds is 7. The Labute approximate surface area is 147 Å². The molecule has 0 spiro atoms. The Bertz CT molecular complexity index is 773. The molecule has 2 aromatic heterocycles. The van der Waals surface area contributed by atoms with Gasteiger partial charge in [-0.2, -0.15) is 0 Å². The van der Waals surface area contributed by atoms with Gasteiger partial charge in [-0.1, -0.05) is 6.92 Å². The highest BCUT2D eigenvalue weighted by Gasteiger charge is 2.30. The van der Waals surface area contributed by atoms with Gasteiger partial charge in [0.15, 0.2) is 6.61 Å². The number of ketones is 1. The largest absolute Gasteiger partial charge is 0.453 e. The molecule has 3 rings (SSSR count). The zero-order valence-electron chi connectivity index (χ0n) is 13.2. The number of ether oxygens (including phenoxy) is 1. The van der Waals surface area contributed by atoms with Crippen molar-refractivity contribution in [2.45, 2.75) is 26.2 Å². The summed E-state index contributed by atoms with van der Waals surface area (Å²) < 4.78 is 5.08. The first-order chi connectivity index (χ1) is 11.6. The maximum Gasteiger partial charge on any atom is 0.348 e. The van der Waals surface area contributed by atoms with Crippen molar-refractivity contribution in [1.29, 1.82) is 0 Å². The Morgan fingerprint density at radius 1 is 1.12 bits per heavy atom. The fraction of sp³-hybridized carbons (Fsp3) is 0.353. The fourth-order valence-corrected chi connectivity index (χ4v) is 3.75. The van der Waals surface area contributed by atoms with E-state index in [9.17, 15) is 14.4 Å². The molecule has 0 bridgehead atoms. The van der Waals surface area contributed by atoms with Gasteiger partial charge in [0.1, 0.15) is 4.88 Å². The van der Waals surface area contributed by atoms with Crippen molar-refractivity contribution in [3.8, 4) is 0 Å². The lowest BCUT2D eigenvalue weighted by atomic mass is 10.3. The van der Waals surface area contributed by atoms with Crippen molar-refractivity contribution >= 4 is 45.3 Å². The lowest BCUT2D eigenvalue weighted by Crippen LogP contribution is -2.13. The molecule has 1 amide bonds. The lowest BCUT2D eigenvalue weighted by molar-refractivity contribution is -0.117. The summed E-state index contributed by atoms with van der Waals surface area (Å²) in [6.45, 7) is 1.75. The predicted octanol–water partition coefficient (Wildman–Crippen LogP) is 3.76. The minimum absolute atomic E-state index is 0.00336. The van der Waals surface area contributed by atoms with Crippen molar-refractivity contribution in [2.24, 2.45) is 5.92 Å². The van der Waals surface area contributed by atoms with Crippen LogP contribution in [0.1, 0.15) is 44.0 Å². The van der Waals surface area contributed by atoms with Crippen molar-refractivity contribution in [3.63, 3.8) is 0 Å². The van der Waals surface area contributed by atoms with Crippen LogP contribution in [0.4, 0.5) is 5.00 Å². The van der Waals surface area contributed by atoms with Crippen LogP contribution in [0.25, 0.3) is 0 Å². The van der Waals surface area contributed by atoms with Gasteiger partial charge in [0, 0.05) is 10.8 Å². The average molecular weight is 363 g/mol. The quantitative estimate of drug-likeness (QED) is 0.600. The van der Waals surface area contributed by atoms with Crippen LogP contribution in [0.3, 0.4) is 0 Å². The monoisotopic (exact) mass is 363 g/mol. The maximum atomic E-state index is 12.0. The molecule has 0 saturated heterocycles. The number of Topliss-reactive ketones (excluding diaryl/α,β-unsaturated/α-hetero) is 1. The smallest absolute Gasteiger partial charge is 0.348 e. The second-order valence-electron chi connectivity index (χ2n) is 5.55. The summed E-state index contributed by atoms with van der Waals surface area (Å²) in [5, 5.41) is 3.41. The lowest BCUT2D eigenvalue weighted by Gasteiger charge is -2.01. The van der Waals surface area contributed by atoms with Gasteiger partial charge in [0.05, 0.1) is 9.88 Å². The van der Waals surface area contributed by atoms with Gasteiger partial charge in [0.2, 0.25) is 11.7 Å². The molecule has 1 saturated carbocycles. The van der Waals surface area contributed by atoms with E-state index in [1.165, 1.54) is 11.3 Å². The number of carbonyl (C=O) groups excluding carboxylic acids is 3. The van der Waals surface area contributed by atoms with E-state index < -0.39 is 5.97 Å². The van der Waals surface area contributed by atoms with Gasteiger partial charge in [-0.05, 0) is 43.5 Å². The number of esters is 1. The Morgan fingerprint density at radius 3 is 2.54 bits per heavy atom. The molecule has 2 heterocycles. The molecule has 1 N–H and O–H groups in total. The first-order valence-electron chi connectivity index (χ1n) is 7.76. The van der Waals surface area contributed by atoms with Crippen LogP contribution in [0.15, 0.2) is 24.3 Å². The Balaban J connectivity index is 1.52. The van der Waals surface area contributed by atoms with E-state index in [-0.39, 0.29) is 24.2 Å². The van der Waals surface area contributed by atoms with Crippen LogP contribution in [-0.2, 0) is 16.0 Å². The zero-order chi connectivity index (χ0) is 17.1. The molecule has 1 aliphatic rings. The third kappa shape index (κ3) is 4.10. The van der Waals surface area contributed by atoms with E-state index in [0.717, 1.165) is 35.5 Å². The van der Waals surface area contributed by atoms with E-state index >= 15 is 0 Å². The van der Waals surface area contributed by atoms with Gasteiger partial charge in [0.25, 0.3) is 0 Å². The van der Waals surface area contributed by atoms with E-state index in [2.05, 4.69) is 5.32 Å². The van der Waals surface area contributed by atoms with Crippen molar-refractivity contribution in [3.05, 3.63) is 38.9 Å². The van der Waals surface area contributed by atoms with Gasteiger partial charge >= 0.3 is 5.97 Å². The number of hydrogen-bond donors (Lipinski definition) is 1. The zero-order valence-corrected chi connectivity index (χ0v) is 14.8. The number of anilines is 1. The van der Waals surface area contributed by atoms with Gasteiger partial charge in [-0.3, -0.25) is 9.59 Å². The second-order valence-corrected chi connectivity index (χ2v) is 7.80. The first kappa shape index (κ1) is 16.9. The summed E-state index contributed by atoms with van der Waals surface area (Å²) in [7, 11) is 0. The molecule has 5 nitrogen and oxygen atoms in total. The summed E-state index contributed by atoms with van der Waals surface area (Å²) in [5.41, 5.74) is 0. The molecule has 1 fully saturated rings. The Kier molecular flexibility index (Phi) is 5.11. The van der Waals surface area contributed by atoms with Crippen molar-refractivity contribution in [1.82, 2.24) is 0 Å². The molecular weight excluding hydrogens is 346 g/mol. The van der Waals surface area contributed by atoms with Crippen LogP contribution in [0.2, 0.25) is 0 Å². The first-order valence-corrected chi connectivity index (χ1v) is 9.40. The predicted molar refractivity (Wildman–Crippen MR) is 94.0 cm³/mol. The number of aryl methyl sites for hydroxylation is 1. The molecule has 126 valence electrons. The number of thiophene rings is 2. The van der Waals surface area contributed by atoms with Crippen LogP contribution in [-0.4, -0.2) is 24.3 Å². The average Bonchev–Trinajstić information content (AvgIpc) is 3.14. The minimum atomic E-state index is -0.549. The van der Waals surface area contributed by atoms with Crippen LogP contribution in [0.5, 0.6) is 0 Å². The highest BCUT2D eigenvalue weighted by Crippen LogP contribution is 2.31. The highest BCUT2D eigenvalue weighted by atomic mass is 32.1. The number of amides is 1. The van der Waals surface area contributed by atoms with Gasteiger partial charge in [-0.25, -0.2) is 4.79 Å². The van der Waals surface area contributed by atoms with Crippen LogP contribution >= 0.6 is 22.7 Å². The summed E-state index contributed by atoms with van der Waals surface area (Å²) in [4.78, 5) is 37.8. The number of hydrogen-bond acceptors (Lipinski definition) is 6. The third-order valence-electron chi connectivity index (χ3n) is 3.62. The van der Waals surface area contributed by atoms with Crippen LogP contribution in [0, 0.1) is 5.92 Å². The Hall–Kier alpha value is -1.99. The van der Waals surface area contributed by atoms with Gasteiger partial charge < -0.3 is 10.1 Å². The highest BCUT2D eigenvalue weighted by molar-refractivity contribution is 7.18.